The van der Waals surface area contributed by atoms with Crippen molar-refractivity contribution in [1.82, 2.24) is 14.4 Å². The van der Waals surface area contributed by atoms with E-state index in [1.54, 1.807) is 6.20 Å². The summed E-state index contributed by atoms with van der Waals surface area (Å²) in [7, 11) is 0. The average molecular weight is 336 g/mol. The highest BCUT2D eigenvalue weighted by molar-refractivity contribution is 7.16. The van der Waals surface area contributed by atoms with Gasteiger partial charge < -0.3 is 5.73 Å². The number of nitrogen functional groups attached to an aromatic ring is 1. The van der Waals surface area contributed by atoms with E-state index in [0.717, 1.165) is 29.9 Å². The number of nitrogens with two attached hydrogens (primary N) is 1. The minimum absolute atomic E-state index is 0.558. The van der Waals surface area contributed by atoms with E-state index in [9.17, 15) is 0 Å². The topological polar surface area (TPSA) is 56.2 Å². The van der Waals surface area contributed by atoms with Crippen molar-refractivity contribution in [3.63, 3.8) is 0 Å². The first-order valence-electron chi connectivity index (χ1n) is 8.65. The summed E-state index contributed by atoms with van der Waals surface area (Å²) in [5, 5.41) is 0. The highest BCUT2D eigenvalue weighted by Gasteiger charge is 2.28. The van der Waals surface area contributed by atoms with Crippen molar-refractivity contribution in [3.05, 3.63) is 40.3 Å². The van der Waals surface area contributed by atoms with Gasteiger partial charge in [-0.1, -0.05) is 18.6 Å². The van der Waals surface area contributed by atoms with Crippen molar-refractivity contribution in [2.24, 2.45) is 0 Å². The second-order valence-corrected chi connectivity index (χ2v) is 7.92. The molecular formula is C19H20N4S. The Bertz CT molecular complexity index is 975. The van der Waals surface area contributed by atoms with Crippen molar-refractivity contribution in [3.8, 4) is 10.6 Å². The van der Waals surface area contributed by atoms with Gasteiger partial charge in [-0.3, -0.25) is 4.40 Å². The second kappa shape index (κ2) is 5.18. The number of rotatable bonds is 2. The zero-order valence-electron chi connectivity index (χ0n) is 13.7. The Kier molecular flexibility index (Phi) is 3.07. The van der Waals surface area contributed by atoms with E-state index < -0.39 is 0 Å². The minimum Gasteiger partial charge on any atom is -0.382 e. The third kappa shape index (κ3) is 1.91. The maximum absolute atomic E-state index is 6.26. The molecule has 0 spiro atoms. The molecule has 0 unspecified atom stereocenters. The van der Waals surface area contributed by atoms with Gasteiger partial charge in [0.1, 0.15) is 22.9 Å². The van der Waals surface area contributed by atoms with Gasteiger partial charge in [-0.25, -0.2) is 9.97 Å². The maximum Gasteiger partial charge on any atom is 0.150 e. The molecule has 0 aromatic carbocycles. The predicted molar refractivity (Wildman–Crippen MR) is 99.4 cm³/mol. The largest absolute Gasteiger partial charge is 0.382 e. The van der Waals surface area contributed by atoms with Crippen LogP contribution >= 0.6 is 11.3 Å². The molecule has 2 N–H and O–H groups in total. The number of fused-ring (bicyclic) bond motifs is 2. The number of hydrogen-bond donors (Lipinski definition) is 1. The van der Waals surface area contributed by atoms with Gasteiger partial charge in [0.05, 0.1) is 4.88 Å². The first-order valence-corrected chi connectivity index (χ1v) is 9.47. The Morgan fingerprint density at radius 2 is 2.21 bits per heavy atom. The number of anilines is 1. The van der Waals surface area contributed by atoms with Gasteiger partial charge in [0.2, 0.25) is 0 Å². The molecular weight excluding hydrogens is 316 g/mol. The van der Waals surface area contributed by atoms with E-state index in [4.69, 9.17) is 10.7 Å². The SMILES string of the molecule is Cc1c(-c2nc(C3CCC3)n3ccnc(N)c23)sc2c1C=CCC2. The molecule has 24 heavy (non-hydrogen) atoms. The van der Waals surface area contributed by atoms with Crippen molar-refractivity contribution in [1.29, 1.82) is 0 Å². The molecule has 1 saturated carbocycles. The van der Waals surface area contributed by atoms with Gasteiger partial charge in [0.25, 0.3) is 0 Å². The highest BCUT2D eigenvalue weighted by atomic mass is 32.1. The summed E-state index contributed by atoms with van der Waals surface area (Å²) in [5.74, 6) is 2.29. The summed E-state index contributed by atoms with van der Waals surface area (Å²) in [5.41, 5.74) is 11.0. The van der Waals surface area contributed by atoms with Crippen molar-refractivity contribution in [2.75, 3.05) is 5.73 Å². The van der Waals surface area contributed by atoms with Gasteiger partial charge in [-0.05, 0) is 43.7 Å². The fourth-order valence-electron chi connectivity index (χ4n) is 3.83. The van der Waals surface area contributed by atoms with Crippen LogP contribution in [0.2, 0.25) is 0 Å². The normalized spacial score (nSPS) is 17.2. The lowest BCUT2D eigenvalue weighted by Crippen LogP contribution is -2.12. The Labute approximate surface area is 145 Å². The standard InChI is InChI=1S/C19H20N4S/c1-11-13-7-2-3-8-14(13)24-17(11)15-16-18(20)21-9-10-23(16)19(22-15)12-5-4-6-12/h2,7,9-10,12H,3-6,8H2,1H3,(H2,20,21). The van der Waals surface area contributed by atoms with E-state index in [1.165, 1.54) is 40.1 Å². The predicted octanol–water partition coefficient (Wildman–Crippen LogP) is 4.58. The number of aryl methyl sites for hydroxylation is 1. The molecule has 2 aliphatic carbocycles. The van der Waals surface area contributed by atoms with Gasteiger partial charge in [-0.15, -0.1) is 11.3 Å². The molecule has 122 valence electrons. The van der Waals surface area contributed by atoms with Gasteiger partial charge in [0, 0.05) is 23.2 Å². The first kappa shape index (κ1) is 14.2. The number of imidazole rings is 1. The van der Waals surface area contributed by atoms with Crippen molar-refractivity contribution in [2.45, 2.75) is 44.9 Å². The number of thiophene rings is 1. The lowest BCUT2D eigenvalue weighted by atomic mass is 9.85. The molecule has 5 heteroatoms. The summed E-state index contributed by atoms with van der Waals surface area (Å²) < 4.78 is 2.18. The summed E-state index contributed by atoms with van der Waals surface area (Å²) in [4.78, 5) is 12.1. The Morgan fingerprint density at radius 3 is 2.96 bits per heavy atom. The van der Waals surface area contributed by atoms with E-state index in [2.05, 4.69) is 28.5 Å². The monoisotopic (exact) mass is 336 g/mol. The summed E-state index contributed by atoms with van der Waals surface area (Å²) >= 11 is 1.88. The van der Waals surface area contributed by atoms with E-state index in [0.29, 0.717) is 11.7 Å². The molecule has 3 heterocycles. The molecule has 0 atom stereocenters. The number of nitrogens with zero attached hydrogens (tertiary/aromatic N) is 3. The van der Waals surface area contributed by atoms with E-state index >= 15 is 0 Å². The van der Waals surface area contributed by atoms with Gasteiger partial charge in [-0.2, -0.15) is 0 Å². The summed E-state index contributed by atoms with van der Waals surface area (Å²) in [6.45, 7) is 2.21. The van der Waals surface area contributed by atoms with Crippen molar-refractivity contribution < 1.29 is 0 Å². The van der Waals surface area contributed by atoms with Crippen LogP contribution in [0.3, 0.4) is 0 Å². The zero-order chi connectivity index (χ0) is 16.3. The first-order chi connectivity index (χ1) is 11.7. The Hall–Kier alpha value is -2.14. The molecule has 4 nitrogen and oxygen atoms in total. The Balaban J connectivity index is 1.78. The number of allylic oxidation sites excluding steroid dienone is 1. The van der Waals surface area contributed by atoms with E-state index in [-0.39, 0.29) is 0 Å². The fourth-order valence-corrected chi connectivity index (χ4v) is 5.13. The van der Waals surface area contributed by atoms with Crippen LogP contribution in [0.1, 0.15) is 53.4 Å². The third-order valence-corrected chi connectivity index (χ3v) is 6.76. The van der Waals surface area contributed by atoms with Crippen LogP contribution in [-0.4, -0.2) is 14.4 Å². The smallest absolute Gasteiger partial charge is 0.150 e. The maximum atomic E-state index is 6.26. The van der Waals surface area contributed by atoms with Gasteiger partial charge in [0.15, 0.2) is 0 Å². The molecule has 0 bridgehead atoms. The van der Waals surface area contributed by atoms with Crippen LogP contribution < -0.4 is 5.73 Å². The fraction of sp³-hybridized carbons (Fsp3) is 0.368. The van der Waals surface area contributed by atoms with E-state index in [1.807, 2.05) is 17.5 Å². The molecule has 5 rings (SSSR count). The molecule has 3 aromatic heterocycles. The molecule has 2 aliphatic rings. The number of hydrogen-bond acceptors (Lipinski definition) is 4. The van der Waals surface area contributed by atoms with Gasteiger partial charge >= 0.3 is 0 Å². The van der Waals surface area contributed by atoms with Crippen LogP contribution in [0.25, 0.3) is 22.2 Å². The average Bonchev–Trinajstić information content (AvgIpc) is 3.06. The molecule has 0 aliphatic heterocycles. The quantitative estimate of drug-likeness (QED) is 0.745. The molecule has 0 amide bonds. The lowest BCUT2D eigenvalue weighted by molar-refractivity contribution is 0.400. The lowest BCUT2D eigenvalue weighted by Gasteiger charge is -2.23. The highest BCUT2D eigenvalue weighted by Crippen LogP contribution is 2.44. The van der Waals surface area contributed by atoms with Crippen LogP contribution in [0, 0.1) is 6.92 Å². The summed E-state index contributed by atoms with van der Waals surface area (Å²) in [6, 6.07) is 0. The van der Waals surface area contributed by atoms with Crippen LogP contribution in [0.5, 0.6) is 0 Å². The second-order valence-electron chi connectivity index (χ2n) is 6.81. The van der Waals surface area contributed by atoms with Crippen LogP contribution in [0.4, 0.5) is 5.82 Å². The Morgan fingerprint density at radius 1 is 1.33 bits per heavy atom. The van der Waals surface area contributed by atoms with Crippen molar-refractivity contribution >= 4 is 28.7 Å². The van der Waals surface area contributed by atoms with Crippen LogP contribution in [0.15, 0.2) is 18.5 Å². The molecule has 0 saturated heterocycles. The van der Waals surface area contributed by atoms with Crippen LogP contribution in [-0.2, 0) is 6.42 Å². The molecule has 0 radical (unpaired) electrons. The molecule has 1 fully saturated rings. The number of aromatic nitrogens is 3. The summed E-state index contributed by atoms with van der Waals surface area (Å²) in [6.07, 6.45) is 14.3. The third-order valence-electron chi connectivity index (χ3n) is 5.39. The molecule has 3 aromatic rings. The minimum atomic E-state index is 0.558. The zero-order valence-corrected chi connectivity index (χ0v) is 14.6.